The van der Waals surface area contributed by atoms with Crippen LogP contribution in [0.1, 0.15) is 12.5 Å². The Hall–Kier alpha value is -1.88. The van der Waals surface area contributed by atoms with Gasteiger partial charge in [-0.3, -0.25) is 4.31 Å². The van der Waals surface area contributed by atoms with Crippen molar-refractivity contribution in [1.82, 2.24) is 0 Å². The summed E-state index contributed by atoms with van der Waals surface area (Å²) in [5, 5.41) is 0. The number of benzene rings is 2. The van der Waals surface area contributed by atoms with Crippen LogP contribution in [0.15, 0.2) is 53.4 Å². The topological polar surface area (TPSA) is 37.4 Å². The van der Waals surface area contributed by atoms with Crippen LogP contribution in [0, 0.1) is 12.7 Å². The molecule has 0 aliphatic carbocycles. The lowest BCUT2D eigenvalue weighted by atomic mass is 10.2. The Morgan fingerprint density at radius 3 is 2.30 bits per heavy atom. The molecule has 0 N–H and O–H groups in total. The number of aryl methyl sites for hydroxylation is 1. The molecule has 0 spiro atoms. The Labute approximate surface area is 118 Å². The van der Waals surface area contributed by atoms with Gasteiger partial charge in [-0.05, 0) is 49.7 Å². The average Bonchev–Trinajstić information content (AvgIpc) is 2.43. The van der Waals surface area contributed by atoms with Gasteiger partial charge >= 0.3 is 0 Å². The standard InChI is InChI=1S/C15H16FNO2S/c1-3-17(13-7-5-4-6-8-13)20(18,19)14-9-10-15(16)12(2)11-14/h4-11H,3H2,1-2H3. The van der Waals surface area contributed by atoms with Gasteiger partial charge in [-0.15, -0.1) is 0 Å². The second-order valence-electron chi connectivity index (χ2n) is 4.42. The lowest BCUT2D eigenvalue weighted by Crippen LogP contribution is -2.30. The minimum Gasteiger partial charge on any atom is -0.267 e. The molecule has 0 unspecified atom stereocenters. The summed E-state index contributed by atoms with van der Waals surface area (Å²) in [5.41, 5.74) is 0.909. The van der Waals surface area contributed by atoms with E-state index in [1.807, 2.05) is 6.07 Å². The van der Waals surface area contributed by atoms with E-state index in [9.17, 15) is 12.8 Å². The molecule has 0 bridgehead atoms. The normalized spacial score (nSPS) is 11.3. The van der Waals surface area contributed by atoms with E-state index in [0.717, 1.165) is 0 Å². The molecule has 0 saturated heterocycles. The van der Waals surface area contributed by atoms with Crippen molar-refractivity contribution in [3.05, 3.63) is 59.9 Å². The van der Waals surface area contributed by atoms with Crippen LogP contribution in [-0.2, 0) is 10.0 Å². The summed E-state index contributed by atoms with van der Waals surface area (Å²) in [6, 6.07) is 12.7. The first-order valence-corrected chi connectivity index (χ1v) is 7.74. The van der Waals surface area contributed by atoms with Crippen molar-refractivity contribution in [1.29, 1.82) is 0 Å². The van der Waals surface area contributed by atoms with Crippen LogP contribution in [0.5, 0.6) is 0 Å². The molecule has 106 valence electrons. The zero-order valence-corrected chi connectivity index (χ0v) is 12.2. The summed E-state index contributed by atoms with van der Waals surface area (Å²) in [6.07, 6.45) is 0. The summed E-state index contributed by atoms with van der Waals surface area (Å²) >= 11 is 0. The smallest absolute Gasteiger partial charge is 0.264 e. The van der Waals surface area contributed by atoms with Crippen LogP contribution >= 0.6 is 0 Å². The van der Waals surface area contributed by atoms with Gasteiger partial charge < -0.3 is 0 Å². The molecule has 0 radical (unpaired) electrons. The van der Waals surface area contributed by atoms with Gasteiger partial charge in [0.05, 0.1) is 10.6 Å². The Bertz CT molecular complexity index is 699. The first-order valence-electron chi connectivity index (χ1n) is 6.30. The summed E-state index contributed by atoms with van der Waals surface area (Å²) in [7, 11) is -3.68. The molecule has 20 heavy (non-hydrogen) atoms. The first-order chi connectivity index (χ1) is 9.46. The largest absolute Gasteiger partial charge is 0.267 e. The van der Waals surface area contributed by atoms with E-state index < -0.39 is 15.8 Å². The predicted octanol–water partition coefficient (Wildman–Crippen LogP) is 3.35. The summed E-state index contributed by atoms with van der Waals surface area (Å²) < 4.78 is 39.9. The molecule has 2 aromatic rings. The fraction of sp³-hybridized carbons (Fsp3) is 0.200. The van der Waals surface area contributed by atoms with E-state index in [1.54, 1.807) is 38.1 Å². The molecule has 0 amide bonds. The molecule has 5 heteroatoms. The molecule has 0 aromatic heterocycles. The lowest BCUT2D eigenvalue weighted by molar-refractivity contribution is 0.590. The number of rotatable bonds is 4. The van der Waals surface area contributed by atoms with Crippen molar-refractivity contribution in [3.63, 3.8) is 0 Å². The third kappa shape index (κ3) is 2.67. The molecule has 0 saturated carbocycles. The molecular formula is C15H16FNO2S. The maximum atomic E-state index is 13.3. The number of hydrogen-bond acceptors (Lipinski definition) is 2. The highest BCUT2D eigenvalue weighted by atomic mass is 32.2. The molecule has 2 aromatic carbocycles. The highest BCUT2D eigenvalue weighted by Crippen LogP contribution is 2.24. The third-order valence-electron chi connectivity index (χ3n) is 3.05. The summed E-state index contributed by atoms with van der Waals surface area (Å²) in [5.74, 6) is -0.410. The van der Waals surface area contributed by atoms with Crippen LogP contribution in [-0.4, -0.2) is 15.0 Å². The zero-order chi connectivity index (χ0) is 14.8. The molecule has 0 fully saturated rings. The van der Waals surface area contributed by atoms with E-state index in [4.69, 9.17) is 0 Å². The van der Waals surface area contributed by atoms with Gasteiger partial charge in [-0.25, -0.2) is 12.8 Å². The number of para-hydroxylation sites is 1. The molecule has 0 atom stereocenters. The summed E-state index contributed by atoms with van der Waals surface area (Å²) in [4.78, 5) is 0.0992. The maximum Gasteiger partial charge on any atom is 0.264 e. The predicted molar refractivity (Wildman–Crippen MR) is 77.8 cm³/mol. The summed E-state index contributed by atoms with van der Waals surface area (Å²) in [6.45, 7) is 3.62. The van der Waals surface area contributed by atoms with Gasteiger partial charge in [-0.1, -0.05) is 18.2 Å². The Morgan fingerprint density at radius 2 is 1.75 bits per heavy atom. The van der Waals surface area contributed by atoms with Crippen molar-refractivity contribution in [2.45, 2.75) is 18.7 Å². The van der Waals surface area contributed by atoms with Crippen molar-refractivity contribution in [2.24, 2.45) is 0 Å². The number of sulfonamides is 1. The Morgan fingerprint density at radius 1 is 1.10 bits per heavy atom. The minimum absolute atomic E-state index is 0.0992. The van der Waals surface area contributed by atoms with E-state index in [-0.39, 0.29) is 4.90 Å². The quantitative estimate of drug-likeness (QED) is 0.867. The van der Waals surface area contributed by atoms with Crippen LogP contribution in [0.3, 0.4) is 0 Å². The highest BCUT2D eigenvalue weighted by molar-refractivity contribution is 7.92. The number of hydrogen-bond donors (Lipinski definition) is 0. The molecule has 0 aliphatic heterocycles. The van der Waals surface area contributed by atoms with Gasteiger partial charge in [0.1, 0.15) is 5.82 Å². The molecular weight excluding hydrogens is 277 g/mol. The first kappa shape index (κ1) is 14.5. The van der Waals surface area contributed by atoms with Crippen LogP contribution in [0.2, 0.25) is 0 Å². The minimum atomic E-state index is -3.68. The lowest BCUT2D eigenvalue weighted by Gasteiger charge is -2.23. The number of halogens is 1. The van der Waals surface area contributed by atoms with Gasteiger partial charge in [-0.2, -0.15) is 0 Å². The molecule has 0 heterocycles. The van der Waals surface area contributed by atoms with Gasteiger partial charge in [0, 0.05) is 6.54 Å². The van der Waals surface area contributed by atoms with Crippen LogP contribution in [0.4, 0.5) is 10.1 Å². The van der Waals surface area contributed by atoms with E-state index in [2.05, 4.69) is 0 Å². The zero-order valence-electron chi connectivity index (χ0n) is 11.4. The number of nitrogens with zero attached hydrogens (tertiary/aromatic N) is 1. The van der Waals surface area contributed by atoms with Gasteiger partial charge in [0.15, 0.2) is 0 Å². The van der Waals surface area contributed by atoms with Crippen molar-refractivity contribution >= 4 is 15.7 Å². The molecule has 3 nitrogen and oxygen atoms in total. The highest BCUT2D eigenvalue weighted by Gasteiger charge is 2.23. The monoisotopic (exact) mass is 293 g/mol. The van der Waals surface area contributed by atoms with Gasteiger partial charge in [0.2, 0.25) is 0 Å². The van der Waals surface area contributed by atoms with Crippen LogP contribution < -0.4 is 4.31 Å². The SMILES string of the molecule is CCN(c1ccccc1)S(=O)(=O)c1ccc(F)c(C)c1. The van der Waals surface area contributed by atoms with Gasteiger partial charge in [0.25, 0.3) is 10.0 Å². The van der Waals surface area contributed by atoms with Crippen molar-refractivity contribution in [2.75, 3.05) is 10.8 Å². The Balaban J connectivity index is 2.50. The van der Waals surface area contributed by atoms with E-state index in [1.165, 1.54) is 22.5 Å². The van der Waals surface area contributed by atoms with Crippen molar-refractivity contribution in [3.8, 4) is 0 Å². The Kier molecular flexibility index (Phi) is 4.09. The third-order valence-corrected chi connectivity index (χ3v) is 4.95. The second kappa shape index (κ2) is 5.63. The van der Waals surface area contributed by atoms with E-state index >= 15 is 0 Å². The van der Waals surface area contributed by atoms with E-state index in [0.29, 0.717) is 17.8 Å². The average molecular weight is 293 g/mol. The fourth-order valence-electron chi connectivity index (χ4n) is 1.99. The second-order valence-corrected chi connectivity index (χ2v) is 6.28. The molecule has 0 aliphatic rings. The fourth-order valence-corrected chi connectivity index (χ4v) is 3.55. The van der Waals surface area contributed by atoms with Crippen molar-refractivity contribution < 1.29 is 12.8 Å². The maximum absolute atomic E-state index is 13.3. The molecule has 2 rings (SSSR count). The number of anilines is 1. The van der Waals surface area contributed by atoms with Crippen LogP contribution in [0.25, 0.3) is 0 Å².